The van der Waals surface area contributed by atoms with E-state index in [1.807, 2.05) is 0 Å². The highest BCUT2D eigenvalue weighted by molar-refractivity contribution is 5.05. The molecule has 0 aromatic heterocycles. The van der Waals surface area contributed by atoms with Gasteiger partial charge in [-0.3, -0.25) is 0 Å². The maximum atomic E-state index is 11.4. The predicted molar refractivity (Wildman–Crippen MR) is 84.6 cm³/mol. The zero-order chi connectivity index (χ0) is 14.8. The normalized spacial score (nSPS) is 40.2. The van der Waals surface area contributed by atoms with Gasteiger partial charge in [-0.05, 0) is 64.8 Å². The van der Waals surface area contributed by atoms with Gasteiger partial charge in [0.2, 0.25) is 0 Å². The van der Waals surface area contributed by atoms with Crippen molar-refractivity contribution in [2.75, 3.05) is 19.6 Å². The highest BCUT2D eigenvalue weighted by Crippen LogP contribution is 2.52. The Morgan fingerprint density at radius 1 is 1.25 bits per heavy atom. The third-order valence-corrected chi connectivity index (χ3v) is 6.24. The van der Waals surface area contributed by atoms with E-state index >= 15 is 0 Å². The van der Waals surface area contributed by atoms with E-state index in [9.17, 15) is 5.11 Å². The van der Waals surface area contributed by atoms with Gasteiger partial charge < -0.3 is 15.7 Å². The van der Waals surface area contributed by atoms with Gasteiger partial charge in [0.25, 0.3) is 0 Å². The first kappa shape index (κ1) is 16.3. The number of aliphatic hydroxyl groups is 1. The third kappa shape index (κ3) is 2.90. The van der Waals surface area contributed by atoms with Crippen LogP contribution in [0, 0.1) is 11.3 Å². The van der Waals surface area contributed by atoms with Crippen LogP contribution in [0.1, 0.15) is 65.7 Å². The molecule has 0 aromatic rings. The Bertz CT molecular complexity index is 320. The van der Waals surface area contributed by atoms with Crippen LogP contribution in [0.25, 0.3) is 0 Å². The van der Waals surface area contributed by atoms with Gasteiger partial charge in [0.15, 0.2) is 0 Å². The Morgan fingerprint density at radius 3 is 2.55 bits per heavy atom. The molecule has 0 amide bonds. The molecule has 2 aliphatic rings. The summed E-state index contributed by atoms with van der Waals surface area (Å²) in [5.41, 5.74) is 5.63. The molecule has 3 nitrogen and oxygen atoms in total. The first-order valence-electron chi connectivity index (χ1n) is 8.63. The van der Waals surface area contributed by atoms with Gasteiger partial charge >= 0.3 is 0 Å². The van der Waals surface area contributed by atoms with Gasteiger partial charge in [-0.25, -0.2) is 0 Å². The number of likely N-dealkylation sites (tertiary alicyclic amines) is 1. The van der Waals surface area contributed by atoms with Crippen molar-refractivity contribution >= 4 is 0 Å². The lowest BCUT2D eigenvalue weighted by Gasteiger charge is -2.45. The molecule has 1 saturated carbocycles. The number of hydrogen-bond acceptors (Lipinski definition) is 3. The molecular formula is C17H34N2O. The Kier molecular flexibility index (Phi) is 5.14. The Balaban J connectivity index is 2.12. The second-order valence-corrected chi connectivity index (χ2v) is 7.52. The molecule has 3 unspecified atom stereocenters. The quantitative estimate of drug-likeness (QED) is 0.833. The molecule has 2 fully saturated rings. The number of nitrogens with two attached hydrogens (primary N) is 1. The van der Waals surface area contributed by atoms with Gasteiger partial charge in [0.05, 0.1) is 5.60 Å². The van der Waals surface area contributed by atoms with Crippen molar-refractivity contribution in [3.63, 3.8) is 0 Å². The van der Waals surface area contributed by atoms with E-state index in [4.69, 9.17) is 5.73 Å². The van der Waals surface area contributed by atoms with E-state index in [2.05, 4.69) is 25.7 Å². The molecule has 3 heteroatoms. The number of hydrogen-bond donors (Lipinski definition) is 2. The Hall–Kier alpha value is -0.120. The summed E-state index contributed by atoms with van der Waals surface area (Å²) < 4.78 is 0. The third-order valence-electron chi connectivity index (χ3n) is 6.24. The maximum absolute atomic E-state index is 11.4. The molecular weight excluding hydrogens is 248 g/mol. The highest BCUT2D eigenvalue weighted by Gasteiger charge is 2.52. The summed E-state index contributed by atoms with van der Waals surface area (Å²) in [6.45, 7) is 9.58. The summed E-state index contributed by atoms with van der Waals surface area (Å²) in [5, 5.41) is 11.4. The van der Waals surface area contributed by atoms with Crippen LogP contribution in [0.15, 0.2) is 0 Å². The van der Waals surface area contributed by atoms with Crippen molar-refractivity contribution in [2.45, 2.75) is 77.4 Å². The molecule has 0 aromatic carbocycles. The lowest BCUT2D eigenvalue weighted by atomic mass is 9.66. The van der Waals surface area contributed by atoms with Crippen LogP contribution in [0.2, 0.25) is 0 Å². The standard InChI is InChI=1S/C17H34N2O/c1-4-15-6-8-16(12-15,13-18)17(20)7-5-10-19(11-9-17)14(2)3/h14-15,20H,4-13,18H2,1-3H3. The van der Waals surface area contributed by atoms with E-state index in [0.717, 1.165) is 51.1 Å². The fraction of sp³-hybridized carbons (Fsp3) is 1.00. The summed E-state index contributed by atoms with van der Waals surface area (Å²) in [4.78, 5) is 2.51. The van der Waals surface area contributed by atoms with Gasteiger partial charge in [-0.2, -0.15) is 0 Å². The zero-order valence-corrected chi connectivity index (χ0v) is 13.7. The van der Waals surface area contributed by atoms with Crippen LogP contribution in [-0.4, -0.2) is 41.3 Å². The van der Waals surface area contributed by atoms with Crippen molar-refractivity contribution in [1.29, 1.82) is 0 Å². The second-order valence-electron chi connectivity index (χ2n) is 7.52. The molecule has 3 N–H and O–H groups in total. The van der Waals surface area contributed by atoms with Crippen LogP contribution in [0.5, 0.6) is 0 Å². The van der Waals surface area contributed by atoms with Gasteiger partial charge in [-0.1, -0.05) is 13.3 Å². The van der Waals surface area contributed by atoms with E-state index in [1.165, 1.54) is 12.8 Å². The van der Waals surface area contributed by atoms with Gasteiger partial charge in [-0.15, -0.1) is 0 Å². The van der Waals surface area contributed by atoms with Crippen molar-refractivity contribution in [3.05, 3.63) is 0 Å². The van der Waals surface area contributed by atoms with Crippen LogP contribution in [0.3, 0.4) is 0 Å². The largest absolute Gasteiger partial charge is 0.389 e. The molecule has 0 bridgehead atoms. The molecule has 1 saturated heterocycles. The van der Waals surface area contributed by atoms with Crippen LogP contribution in [0.4, 0.5) is 0 Å². The molecule has 0 radical (unpaired) electrons. The SMILES string of the molecule is CCC1CCC(CN)(C2(O)CCCN(C(C)C)CC2)C1. The zero-order valence-electron chi connectivity index (χ0n) is 13.7. The van der Waals surface area contributed by atoms with E-state index in [-0.39, 0.29) is 5.41 Å². The van der Waals surface area contributed by atoms with E-state index in [0.29, 0.717) is 12.6 Å². The summed E-state index contributed by atoms with van der Waals surface area (Å²) in [7, 11) is 0. The lowest BCUT2D eigenvalue weighted by molar-refractivity contribution is -0.0905. The van der Waals surface area contributed by atoms with Crippen LogP contribution in [-0.2, 0) is 0 Å². The minimum Gasteiger partial charge on any atom is -0.389 e. The molecule has 0 spiro atoms. The van der Waals surface area contributed by atoms with Crippen molar-refractivity contribution < 1.29 is 5.11 Å². The number of rotatable bonds is 4. The maximum Gasteiger partial charge on any atom is 0.0728 e. The molecule has 1 aliphatic heterocycles. The molecule has 20 heavy (non-hydrogen) atoms. The minimum atomic E-state index is -0.532. The number of nitrogens with zero attached hydrogens (tertiary/aromatic N) is 1. The van der Waals surface area contributed by atoms with E-state index < -0.39 is 5.60 Å². The smallest absolute Gasteiger partial charge is 0.0728 e. The topological polar surface area (TPSA) is 49.5 Å². The van der Waals surface area contributed by atoms with Gasteiger partial charge in [0, 0.05) is 24.5 Å². The summed E-state index contributed by atoms with van der Waals surface area (Å²) in [6, 6.07) is 0.582. The predicted octanol–water partition coefficient (Wildman–Crippen LogP) is 2.77. The van der Waals surface area contributed by atoms with E-state index in [1.54, 1.807) is 0 Å². The minimum absolute atomic E-state index is 0.0132. The van der Waals surface area contributed by atoms with Crippen LogP contribution >= 0.6 is 0 Å². The van der Waals surface area contributed by atoms with Gasteiger partial charge in [0.1, 0.15) is 0 Å². The second kappa shape index (κ2) is 6.33. The summed E-state index contributed by atoms with van der Waals surface area (Å²) >= 11 is 0. The fourth-order valence-corrected chi connectivity index (χ4v) is 4.57. The lowest BCUT2D eigenvalue weighted by Crippen LogP contribution is -2.52. The summed E-state index contributed by atoms with van der Waals surface area (Å²) in [5.74, 6) is 0.770. The highest BCUT2D eigenvalue weighted by atomic mass is 16.3. The van der Waals surface area contributed by atoms with Crippen molar-refractivity contribution in [2.24, 2.45) is 17.1 Å². The molecule has 3 atom stereocenters. The fourth-order valence-electron chi connectivity index (χ4n) is 4.57. The first-order valence-corrected chi connectivity index (χ1v) is 8.63. The monoisotopic (exact) mass is 282 g/mol. The molecule has 1 heterocycles. The average Bonchev–Trinajstić information content (AvgIpc) is 2.77. The molecule has 2 rings (SSSR count). The Labute approximate surface area is 124 Å². The molecule has 118 valence electrons. The van der Waals surface area contributed by atoms with Crippen molar-refractivity contribution in [1.82, 2.24) is 4.90 Å². The van der Waals surface area contributed by atoms with Crippen molar-refractivity contribution in [3.8, 4) is 0 Å². The Morgan fingerprint density at radius 2 is 2.00 bits per heavy atom. The van der Waals surface area contributed by atoms with Crippen LogP contribution < -0.4 is 5.73 Å². The summed E-state index contributed by atoms with van der Waals surface area (Å²) in [6.07, 6.45) is 7.69. The average molecular weight is 282 g/mol. The molecule has 1 aliphatic carbocycles. The first-order chi connectivity index (χ1) is 9.46.